The Labute approximate surface area is 68.1 Å². The maximum atomic E-state index is 11.4. The van der Waals surface area contributed by atoms with Crippen LogP contribution in [-0.4, -0.2) is 32.3 Å². The van der Waals surface area contributed by atoms with Crippen LogP contribution in [0.5, 0.6) is 0 Å². The van der Waals surface area contributed by atoms with Crippen molar-refractivity contribution >= 4 is 0 Å². The predicted molar refractivity (Wildman–Crippen MR) is 33.0 cm³/mol. The summed E-state index contributed by atoms with van der Waals surface area (Å²) in [6, 6.07) is 0. The molecular formula is C6H10F3O3. The first-order valence-electron chi connectivity index (χ1n) is 3.34. The van der Waals surface area contributed by atoms with E-state index in [0.717, 1.165) is 0 Å². The lowest BCUT2D eigenvalue weighted by molar-refractivity contribution is -0.185. The van der Waals surface area contributed by atoms with Gasteiger partial charge in [-0.15, -0.1) is 0 Å². The van der Waals surface area contributed by atoms with Crippen molar-refractivity contribution in [1.29, 1.82) is 0 Å². The fraction of sp³-hybridized carbons (Fsp3) is 1.00. The van der Waals surface area contributed by atoms with Gasteiger partial charge in [-0.1, -0.05) is 0 Å². The molecule has 0 fully saturated rings. The molecule has 0 aliphatic carbocycles. The molecule has 1 unspecified atom stereocenters. The second-order valence-corrected chi connectivity index (χ2v) is 2.11. The van der Waals surface area contributed by atoms with Gasteiger partial charge < -0.3 is 9.47 Å². The van der Waals surface area contributed by atoms with Gasteiger partial charge in [0.1, 0.15) is 6.61 Å². The Morgan fingerprint density at radius 1 is 1.33 bits per heavy atom. The van der Waals surface area contributed by atoms with Crippen LogP contribution in [0.15, 0.2) is 0 Å². The second kappa shape index (κ2) is 5.34. The van der Waals surface area contributed by atoms with Crippen molar-refractivity contribution in [3.05, 3.63) is 0 Å². The van der Waals surface area contributed by atoms with E-state index in [1.807, 2.05) is 0 Å². The van der Waals surface area contributed by atoms with Crippen molar-refractivity contribution in [2.45, 2.75) is 19.4 Å². The number of halogens is 3. The van der Waals surface area contributed by atoms with Crippen LogP contribution in [0.4, 0.5) is 13.2 Å². The van der Waals surface area contributed by atoms with E-state index in [2.05, 4.69) is 9.47 Å². The number of ether oxygens (including phenoxy) is 2. The molecule has 0 aromatic heterocycles. The van der Waals surface area contributed by atoms with E-state index in [-0.39, 0.29) is 13.2 Å². The zero-order chi connectivity index (χ0) is 9.61. The third-order valence-electron chi connectivity index (χ3n) is 0.846. The van der Waals surface area contributed by atoms with Crippen LogP contribution in [0.3, 0.4) is 0 Å². The van der Waals surface area contributed by atoms with Gasteiger partial charge in [0.05, 0.1) is 13.2 Å². The summed E-state index contributed by atoms with van der Waals surface area (Å²) in [7, 11) is 0. The van der Waals surface area contributed by atoms with Crippen LogP contribution in [0.1, 0.15) is 6.92 Å². The molecule has 12 heavy (non-hydrogen) atoms. The molecule has 0 rings (SSSR count). The van der Waals surface area contributed by atoms with Gasteiger partial charge in [-0.05, 0) is 6.92 Å². The molecule has 0 aliphatic heterocycles. The molecule has 1 atom stereocenters. The van der Waals surface area contributed by atoms with Crippen LogP contribution in [-0.2, 0) is 14.6 Å². The molecule has 73 valence electrons. The quantitative estimate of drug-likeness (QED) is 0.481. The monoisotopic (exact) mass is 187 g/mol. The second-order valence-electron chi connectivity index (χ2n) is 2.11. The first-order valence-corrected chi connectivity index (χ1v) is 3.34. The van der Waals surface area contributed by atoms with E-state index in [1.165, 1.54) is 6.92 Å². The molecule has 0 aromatic carbocycles. The van der Waals surface area contributed by atoms with Gasteiger partial charge in [0.15, 0.2) is 6.29 Å². The third kappa shape index (κ3) is 9.67. The first kappa shape index (κ1) is 11.7. The van der Waals surface area contributed by atoms with Crippen LogP contribution >= 0.6 is 0 Å². The van der Waals surface area contributed by atoms with Gasteiger partial charge >= 0.3 is 6.18 Å². The Morgan fingerprint density at radius 2 is 1.92 bits per heavy atom. The average Bonchev–Trinajstić information content (AvgIpc) is 1.83. The number of alkyl halides is 3. The zero-order valence-electron chi connectivity index (χ0n) is 6.56. The highest BCUT2D eigenvalue weighted by atomic mass is 19.4. The molecule has 1 radical (unpaired) electrons. The molecule has 0 saturated carbocycles. The molecule has 0 aliphatic rings. The Kier molecular flexibility index (Phi) is 5.19. The van der Waals surface area contributed by atoms with Crippen molar-refractivity contribution in [1.82, 2.24) is 0 Å². The van der Waals surface area contributed by atoms with Crippen molar-refractivity contribution in [2.24, 2.45) is 0 Å². The highest BCUT2D eigenvalue weighted by Crippen LogP contribution is 2.13. The minimum Gasteiger partial charge on any atom is -0.370 e. The molecule has 3 nitrogen and oxygen atoms in total. The molecular weight excluding hydrogens is 177 g/mol. The normalized spacial score (nSPS) is 14.8. The minimum atomic E-state index is -4.32. The number of hydrogen-bond donors (Lipinski definition) is 0. The molecule has 0 amide bonds. The zero-order valence-corrected chi connectivity index (χ0v) is 6.56. The van der Waals surface area contributed by atoms with Gasteiger partial charge in [0.25, 0.3) is 0 Å². The maximum absolute atomic E-state index is 11.4. The highest BCUT2D eigenvalue weighted by molar-refractivity contribution is 4.44. The van der Waals surface area contributed by atoms with Gasteiger partial charge in [-0.2, -0.15) is 13.2 Å². The first-order chi connectivity index (χ1) is 5.42. The van der Waals surface area contributed by atoms with E-state index < -0.39 is 19.1 Å². The van der Waals surface area contributed by atoms with Crippen LogP contribution < -0.4 is 0 Å². The molecule has 6 heteroatoms. The van der Waals surface area contributed by atoms with Gasteiger partial charge in [-0.25, -0.2) is 5.11 Å². The molecule has 0 saturated heterocycles. The van der Waals surface area contributed by atoms with Gasteiger partial charge in [-0.3, -0.25) is 0 Å². The Bertz CT molecular complexity index is 113. The SMILES string of the molecule is CC([O])OCCOCC(F)(F)F. The van der Waals surface area contributed by atoms with E-state index in [9.17, 15) is 18.3 Å². The van der Waals surface area contributed by atoms with Gasteiger partial charge in [0.2, 0.25) is 0 Å². The highest BCUT2D eigenvalue weighted by Gasteiger charge is 2.27. The third-order valence-corrected chi connectivity index (χ3v) is 0.846. The van der Waals surface area contributed by atoms with Gasteiger partial charge in [0, 0.05) is 0 Å². The summed E-state index contributed by atoms with van der Waals surface area (Å²) >= 11 is 0. The maximum Gasteiger partial charge on any atom is 0.411 e. The van der Waals surface area contributed by atoms with Crippen molar-refractivity contribution in [3.63, 3.8) is 0 Å². The molecule has 0 spiro atoms. The summed E-state index contributed by atoms with van der Waals surface area (Å²) in [5.41, 5.74) is 0. The molecule has 0 N–H and O–H groups in total. The summed E-state index contributed by atoms with van der Waals surface area (Å²) < 4.78 is 42.8. The summed E-state index contributed by atoms with van der Waals surface area (Å²) in [6.07, 6.45) is -5.54. The largest absolute Gasteiger partial charge is 0.411 e. The van der Waals surface area contributed by atoms with Crippen LogP contribution in [0, 0.1) is 0 Å². The summed E-state index contributed by atoms with van der Waals surface area (Å²) in [6.45, 7) is -0.375. The summed E-state index contributed by atoms with van der Waals surface area (Å²) in [5.74, 6) is 0. The van der Waals surface area contributed by atoms with Crippen LogP contribution in [0.2, 0.25) is 0 Å². The summed E-state index contributed by atoms with van der Waals surface area (Å²) in [4.78, 5) is 0. The number of hydrogen-bond acceptors (Lipinski definition) is 2. The smallest absolute Gasteiger partial charge is 0.370 e. The topological polar surface area (TPSA) is 38.4 Å². The standard InChI is InChI=1S/C6H10F3O3/c1-5(10)12-3-2-11-4-6(7,8)9/h5H,2-4H2,1H3. The molecule has 0 aromatic rings. The fourth-order valence-electron chi connectivity index (χ4n) is 0.461. The lowest BCUT2D eigenvalue weighted by atomic mass is 10.7. The lowest BCUT2D eigenvalue weighted by Crippen LogP contribution is -2.19. The molecule has 0 heterocycles. The van der Waals surface area contributed by atoms with Crippen LogP contribution in [0.25, 0.3) is 0 Å². The van der Waals surface area contributed by atoms with E-state index >= 15 is 0 Å². The van der Waals surface area contributed by atoms with E-state index in [0.29, 0.717) is 0 Å². The minimum absolute atomic E-state index is 0.110. The van der Waals surface area contributed by atoms with E-state index in [4.69, 9.17) is 0 Å². The summed E-state index contributed by atoms with van der Waals surface area (Å²) in [5, 5.41) is 10.2. The predicted octanol–water partition coefficient (Wildman–Crippen LogP) is 1.36. The van der Waals surface area contributed by atoms with Crippen molar-refractivity contribution in [2.75, 3.05) is 19.8 Å². The Balaban J connectivity index is 3.12. The number of rotatable bonds is 5. The van der Waals surface area contributed by atoms with E-state index in [1.54, 1.807) is 0 Å². The molecule has 0 bridgehead atoms. The van der Waals surface area contributed by atoms with Crippen molar-refractivity contribution in [3.8, 4) is 0 Å². The fourth-order valence-corrected chi connectivity index (χ4v) is 0.461. The van der Waals surface area contributed by atoms with Crippen molar-refractivity contribution < 1.29 is 27.8 Å². The Morgan fingerprint density at radius 3 is 2.33 bits per heavy atom. The Hall–Kier alpha value is -0.330. The lowest BCUT2D eigenvalue weighted by Gasteiger charge is -2.08. The average molecular weight is 187 g/mol.